The molecule has 1 aliphatic rings. The van der Waals surface area contributed by atoms with Gasteiger partial charge < -0.3 is 20.1 Å². The molecule has 1 saturated heterocycles. The van der Waals surface area contributed by atoms with Gasteiger partial charge in [-0.3, -0.25) is 0 Å². The highest BCUT2D eigenvalue weighted by Crippen LogP contribution is 2.13. The third-order valence-corrected chi connectivity index (χ3v) is 3.71. The maximum Gasteiger partial charge on any atom is 0.321 e. The van der Waals surface area contributed by atoms with Gasteiger partial charge in [-0.15, -0.1) is 0 Å². The van der Waals surface area contributed by atoms with Crippen molar-refractivity contribution in [2.45, 2.75) is 13.5 Å². The molecule has 2 amide bonds. The Morgan fingerprint density at radius 1 is 1.36 bits per heavy atom. The van der Waals surface area contributed by atoms with Crippen LogP contribution in [0.25, 0.3) is 0 Å². The van der Waals surface area contributed by atoms with E-state index >= 15 is 0 Å². The summed E-state index contributed by atoms with van der Waals surface area (Å²) >= 11 is 0. The molecule has 6 heteroatoms. The van der Waals surface area contributed by atoms with Gasteiger partial charge in [-0.25, -0.2) is 9.78 Å². The standard InChI is InChI=1S/C16H21N5O/c1-13-10-20(12-18-13)11-14-3-2-4-15(9-14)19-16(22)21-7-5-17-6-8-21/h2-4,9-10,12,17H,5-8,11H2,1H3,(H,19,22). The first-order valence-corrected chi connectivity index (χ1v) is 7.55. The van der Waals surface area contributed by atoms with Crippen molar-refractivity contribution < 1.29 is 4.79 Å². The number of piperazine rings is 1. The Bertz CT molecular complexity index is 645. The number of nitrogens with zero attached hydrogens (tertiary/aromatic N) is 3. The summed E-state index contributed by atoms with van der Waals surface area (Å²) in [6, 6.07) is 7.91. The van der Waals surface area contributed by atoms with Gasteiger partial charge >= 0.3 is 6.03 Å². The van der Waals surface area contributed by atoms with E-state index in [1.165, 1.54) is 0 Å². The summed E-state index contributed by atoms with van der Waals surface area (Å²) in [7, 11) is 0. The van der Waals surface area contributed by atoms with E-state index < -0.39 is 0 Å². The van der Waals surface area contributed by atoms with Gasteiger partial charge in [0.15, 0.2) is 0 Å². The Morgan fingerprint density at radius 3 is 2.91 bits per heavy atom. The van der Waals surface area contributed by atoms with Crippen LogP contribution in [0.3, 0.4) is 0 Å². The zero-order valence-electron chi connectivity index (χ0n) is 12.7. The minimum absolute atomic E-state index is 0.0304. The molecule has 0 bridgehead atoms. The van der Waals surface area contributed by atoms with E-state index in [1.807, 2.05) is 47.1 Å². The smallest absolute Gasteiger partial charge is 0.321 e. The molecule has 0 radical (unpaired) electrons. The van der Waals surface area contributed by atoms with Crippen molar-refractivity contribution in [1.82, 2.24) is 19.8 Å². The predicted molar refractivity (Wildman–Crippen MR) is 86.0 cm³/mol. The molecule has 116 valence electrons. The van der Waals surface area contributed by atoms with Crippen LogP contribution < -0.4 is 10.6 Å². The van der Waals surface area contributed by atoms with Gasteiger partial charge in [0.2, 0.25) is 0 Å². The zero-order valence-corrected chi connectivity index (χ0v) is 12.7. The summed E-state index contributed by atoms with van der Waals surface area (Å²) in [5.41, 5.74) is 2.97. The molecule has 0 unspecified atom stereocenters. The van der Waals surface area contributed by atoms with Crippen LogP contribution in [0.2, 0.25) is 0 Å². The normalized spacial score (nSPS) is 14.9. The minimum Gasteiger partial charge on any atom is -0.333 e. The number of aromatic nitrogens is 2. The molecular formula is C16H21N5O. The average molecular weight is 299 g/mol. The molecule has 1 aromatic carbocycles. The van der Waals surface area contributed by atoms with Crippen LogP contribution in [-0.4, -0.2) is 46.7 Å². The molecule has 0 spiro atoms. The number of hydrogen-bond acceptors (Lipinski definition) is 3. The lowest BCUT2D eigenvalue weighted by Crippen LogP contribution is -2.48. The lowest BCUT2D eigenvalue weighted by molar-refractivity contribution is 0.204. The first-order valence-electron chi connectivity index (χ1n) is 7.55. The molecule has 1 aromatic heterocycles. The quantitative estimate of drug-likeness (QED) is 0.906. The second-order valence-corrected chi connectivity index (χ2v) is 5.55. The summed E-state index contributed by atoms with van der Waals surface area (Å²) in [6.07, 6.45) is 3.83. The molecule has 6 nitrogen and oxygen atoms in total. The average Bonchev–Trinajstić information content (AvgIpc) is 2.93. The topological polar surface area (TPSA) is 62.2 Å². The fourth-order valence-electron chi connectivity index (χ4n) is 2.59. The van der Waals surface area contributed by atoms with Crippen LogP contribution in [0.15, 0.2) is 36.8 Å². The molecule has 0 saturated carbocycles. The molecule has 1 fully saturated rings. The third-order valence-electron chi connectivity index (χ3n) is 3.71. The first kappa shape index (κ1) is 14.6. The van der Waals surface area contributed by atoms with E-state index in [-0.39, 0.29) is 6.03 Å². The Morgan fingerprint density at radius 2 is 2.18 bits per heavy atom. The predicted octanol–water partition coefficient (Wildman–Crippen LogP) is 1.68. The van der Waals surface area contributed by atoms with Crippen LogP contribution in [0, 0.1) is 6.92 Å². The molecule has 0 aliphatic carbocycles. The van der Waals surface area contributed by atoms with E-state index in [0.717, 1.165) is 49.7 Å². The van der Waals surface area contributed by atoms with Crippen molar-refractivity contribution in [3.8, 4) is 0 Å². The number of urea groups is 1. The molecule has 2 N–H and O–H groups in total. The van der Waals surface area contributed by atoms with E-state index in [0.29, 0.717) is 0 Å². The van der Waals surface area contributed by atoms with Gasteiger partial charge in [-0.05, 0) is 24.6 Å². The van der Waals surface area contributed by atoms with Gasteiger partial charge in [0.1, 0.15) is 0 Å². The first-order chi connectivity index (χ1) is 10.7. The van der Waals surface area contributed by atoms with Crippen LogP contribution in [-0.2, 0) is 6.54 Å². The highest BCUT2D eigenvalue weighted by molar-refractivity contribution is 5.89. The summed E-state index contributed by atoms with van der Waals surface area (Å²) in [4.78, 5) is 18.3. The monoisotopic (exact) mass is 299 g/mol. The van der Waals surface area contributed by atoms with Gasteiger partial charge in [0, 0.05) is 44.6 Å². The second-order valence-electron chi connectivity index (χ2n) is 5.55. The van der Waals surface area contributed by atoms with Crippen molar-refractivity contribution in [3.05, 3.63) is 48.0 Å². The number of aryl methyl sites for hydroxylation is 1. The number of benzene rings is 1. The Kier molecular flexibility index (Phi) is 4.39. The number of anilines is 1. The van der Waals surface area contributed by atoms with E-state index in [9.17, 15) is 4.79 Å². The fraction of sp³-hybridized carbons (Fsp3) is 0.375. The van der Waals surface area contributed by atoms with Crippen molar-refractivity contribution in [3.63, 3.8) is 0 Å². The maximum atomic E-state index is 12.2. The Labute approximate surface area is 130 Å². The molecule has 2 heterocycles. The summed E-state index contributed by atoms with van der Waals surface area (Å²) in [5, 5.41) is 6.22. The van der Waals surface area contributed by atoms with Crippen molar-refractivity contribution in [2.24, 2.45) is 0 Å². The number of amides is 2. The van der Waals surface area contributed by atoms with Crippen LogP contribution in [0.4, 0.5) is 10.5 Å². The second kappa shape index (κ2) is 6.62. The maximum absolute atomic E-state index is 12.2. The van der Waals surface area contributed by atoms with Crippen LogP contribution >= 0.6 is 0 Å². The highest BCUT2D eigenvalue weighted by atomic mass is 16.2. The Hall–Kier alpha value is -2.34. The lowest BCUT2D eigenvalue weighted by atomic mass is 10.2. The lowest BCUT2D eigenvalue weighted by Gasteiger charge is -2.27. The van der Waals surface area contributed by atoms with Gasteiger partial charge in [0.05, 0.1) is 12.0 Å². The molecule has 22 heavy (non-hydrogen) atoms. The summed E-state index contributed by atoms with van der Waals surface area (Å²) in [5.74, 6) is 0. The number of nitrogens with one attached hydrogen (secondary N) is 2. The van der Waals surface area contributed by atoms with Gasteiger partial charge in [0.25, 0.3) is 0 Å². The molecule has 0 atom stereocenters. The zero-order chi connectivity index (χ0) is 15.4. The van der Waals surface area contributed by atoms with E-state index in [4.69, 9.17) is 0 Å². The van der Waals surface area contributed by atoms with Crippen molar-refractivity contribution in [2.75, 3.05) is 31.5 Å². The molecule has 1 aliphatic heterocycles. The largest absolute Gasteiger partial charge is 0.333 e. The number of carbonyl (C=O) groups is 1. The molecule has 3 rings (SSSR count). The van der Waals surface area contributed by atoms with Crippen molar-refractivity contribution in [1.29, 1.82) is 0 Å². The van der Waals surface area contributed by atoms with E-state index in [2.05, 4.69) is 21.7 Å². The number of rotatable bonds is 3. The molecular weight excluding hydrogens is 278 g/mol. The van der Waals surface area contributed by atoms with Gasteiger partial charge in [-0.1, -0.05) is 12.1 Å². The number of carbonyl (C=O) groups excluding carboxylic acids is 1. The van der Waals surface area contributed by atoms with Crippen LogP contribution in [0.1, 0.15) is 11.3 Å². The highest BCUT2D eigenvalue weighted by Gasteiger charge is 2.15. The number of imidazole rings is 1. The Balaban J connectivity index is 1.64. The fourth-order valence-corrected chi connectivity index (χ4v) is 2.59. The summed E-state index contributed by atoms with van der Waals surface area (Å²) in [6.45, 7) is 5.93. The van der Waals surface area contributed by atoms with Crippen LogP contribution in [0.5, 0.6) is 0 Å². The number of hydrogen-bond donors (Lipinski definition) is 2. The summed E-state index contributed by atoms with van der Waals surface area (Å²) < 4.78 is 2.03. The third kappa shape index (κ3) is 3.65. The molecule has 2 aromatic rings. The van der Waals surface area contributed by atoms with Crippen molar-refractivity contribution >= 4 is 11.7 Å². The minimum atomic E-state index is -0.0304. The van der Waals surface area contributed by atoms with E-state index in [1.54, 1.807) is 0 Å². The van der Waals surface area contributed by atoms with Gasteiger partial charge in [-0.2, -0.15) is 0 Å². The SMILES string of the molecule is Cc1cn(Cc2cccc(NC(=O)N3CCNCC3)c2)cn1.